The molecule has 0 radical (unpaired) electrons. The summed E-state index contributed by atoms with van der Waals surface area (Å²) in [5, 5.41) is 6.61. The Balaban J connectivity index is 0.00000450. The average molecular weight is 565 g/mol. The van der Waals surface area contributed by atoms with Crippen molar-refractivity contribution in [3.05, 3.63) is 52.9 Å². The summed E-state index contributed by atoms with van der Waals surface area (Å²) in [5.74, 6) is 0.788. The molecule has 0 atom stereocenters. The molecule has 0 fully saturated rings. The maximum atomic E-state index is 12.6. The van der Waals surface area contributed by atoms with Gasteiger partial charge in [0.2, 0.25) is 0 Å². The minimum Gasteiger partial charge on any atom is -0.357 e. The third-order valence-corrected chi connectivity index (χ3v) is 8.12. The van der Waals surface area contributed by atoms with Crippen molar-refractivity contribution < 1.29 is 8.42 Å². The molecule has 0 aliphatic rings. The van der Waals surface area contributed by atoms with E-state index >= 15 is 0 Å². The van der Waals surface area contributed by atoms with Gasteiger partial charge >= 0.3 is 0 Å². The third kappa shape index (κ3) is 8.16. The van der Waals surface area contributed by atoms with Crippen LogP contribution in [0.1, 0.15) is 31.2 Å². The number of thiophene rings is 1. The van der Waals surface area contributed by atoms with E-state index in [4.69, 9.17) is 0 Å². The SMILES string of the molecule is CCNC(=NCCc1ccc(S(=O)(=O)N(CC)CC)s1)NCCc1ccccc1.I. The van der Waals surface area contributed by atoms with Crippen LogP contribution >= 0.6 is 35.3 Å². The summed E-state index contributed by atoms with van der Waals surface area (Å²) in [6.45, 7) is 8.93. The Kier molecular flexibility index (Phi) is 12.5. The number of rotatable bonds is 11. The summed E-state index contributed by atoms with van der Waals surface area (Å²) >= 11 is 1.34. The van der Waals surface area contributed by atoms with Crippen LogP contribution in [0.25, 0.3) is 0 Å². The van der Waals surface area contributed by atoms with Gasteiger partial charge in [0, 0.05) is 44.0 Å². The van der Waals surface area contributed by atoms with Gasteiger partial charge in [0.05, 0.1) is 0 Å². The van der Waals surface area contributed by atoms with Crippen LogP contribution in [-0.4, -0.2) is 51.4 Å². The molecule has 1 heterocycles. The molecule has 6 nitrogen and oxygen atoms in total. The van der Waals surface area contributed by atoms with E-state index in [0.29, 0.717) is 30.3 Å². The lowest BCUT2D eigenvalue weighted by Gasteiger charge is -2.16. The van der Waals surface area contributed by atoms with E-state index in [-0.39, 0.29) is 24.0 Å². The fourth-order valence-corrected chi connectivity index (χ4v) is 5.87. The second-order valence-corrected chi connectivity index (χ2v) is 9.82. The highest BCUT2D eigenvalue weighted by molar-refractivity contribution is 14.0. The lowest BCUT2D eigenvalue weighted by atomic mass is 10.1. The van der Waals surface area contributed by atoms with Crippen LogP contribution in [0.5, 0.6) is 0 Å². The van der Waals surface area contributed by atoms with Gasteiger partial charge in [-0.15, -0.1) is 35.3 Å². The Morgan fingerprint density at radius 2 is 1.70 bits per heavy atom. The van der Waals surface area contributed by atoms with Crippen molar-refractivity contribution >= 4 is 51.3 Å². The third-order valence-electron chi connectivity index (χ3n) is 4.46. The quantitative estimate of drug-likeness (QED) is 0.248. The second kappa shape index (κ2) is 14.0. The summed E-state index contributed by atoms with van der Waals surface area (Å²) < 4.78 is 27.1. The number of halogens is 1. The predicted octanol–water partition coefficient (Wildman–Crippen LogP) is 3.74. The maximum Gasteiger partial charge on any atom is 0.252 e. The summed E-state index contributed by atoms with van der Waals surface area (Å²) in [5.41, 5.74) is 1.29. The molecule has 168 valence electrons. The molecule has 0 spiro atoms. The van der Waals surface area contributed by atoms with Crippen LogP contribution in [-0.2, 0) is 22.9 Å². The van der Waals surface area contributed by atoms with Gasteiger partial charge in [0.15, 0.2) is 5.96 Å². The van der Waals surface area contributed by atoms with E-state index in [9.17, 15) is 8.42 Å². The summed E-state index contributed by atoms with van der Waals surface area (Å²) in [6, 6.07) is 14.0. The lowest BCUT2D eigenvalue weighted by Crippen LogP contribution is -2.38. The summed E-state index contributed by atoms with van der Waals surface area (Å²) in [6.07, 6.45) is 1.65. The summed E-state index contributed by atoms with van der Waals surface area (Å²) in [4.78, 5) is 5.65. The highest BCUT2D eigenvalue weighted by Gasteiger charge is 2.23. The molecule has 2 N–H and O–H groups in total. The number of hydrogen-bond donors (Lipinski definition) is 2. The van der Waals surface area contributed by atoms with E-state index in [1.165, 1.54) is 21.2 Å². The minimum atomic E-state index is -3.38. The van der Waals surface area contributed by atoms with Crippen molar-refractivity contribution in [2.24, 2.45) is 4.99 Å². The molecule has 2 aromatic rings. The van der Waals surface area contributed by atoms with Crippen molar-refractivity contribution in [3.63, 3.8) is 0 Å². The molecule has 0 aliphatic heterocycles. The largest absolute Gasteiger partial charge is 0.357 e. The standard InChI is InChI=1S/C21H32N4O2S2.HI/c1-4-22-21(23-16-14-18-10-8-7-9-11-18)24-17-15-19-12-13-20(28-19)29(26,27)25(5-2)6-3;/h7-13H,4-6,14-17H2,1-3H3,(H2,22,23,24);1H. The Hall–Kier alpha value is -1.17. The van der Waals surface area contributed by atoms with Crippen LogP contribution in [0, 0.1) is 0 Å². The normalized spacial score (nSPS) is 11.9. The fraction of sp³-hybridized carbons (Fsp3) is 0.476. The molecule has 1 aromatic carbocycles. The monoisotopic (exact) mass is 564 g/mol. The first-order valence-corrected chi connectivity index (χ1v) is 12.4. The Bertz CT molecular complexity index is 866. The molecule has 0 unspecified atom stereocenters. The molecule has 0 bridgehead atoms. The molecule has 2 rings (SSSR count). The lowest BCUT2D eigenvalue weighted by molar-refractivity contribution is 0.447. The maximum absolute atomic E-state index is 12.6. The molecule has 1 aromatic heterocycles. The molecule has 0 amide bonds. The minimum absolute atomic E-state index is 0. The van der Waals surface area contributed by atoms with Crippen LogP contribution in [0.15, 0.2) is 51.7 Å². The van der Waals surface area contributed by atoms with Gasteiger partial charge in [-0.3, -0.25) is 4.99 Å². The molecule has 0 saturated heterocycles. The van der Waals surface area contributed by atoms with Crippen LogP contribution in [0.2, 0.25) is 0 Å². The highest BCUT2D eigenvalue weighted by Crippen LogP contribution is 2.25. The van der Waals surface area contributed by atoms with E-state index in [2.05, 4.69) is 27.8 Å². The van der Waals surface area contributed by atoms with Crippen molar-refractivity contribution in [1.82, 2.24) is 14.9 Å². The number of sulfonamides is 1. The van der Waals surface area contributed by atoms with Crippen molar-refractivity contribution in [2.45, 2.75) is 37.8 Å². The highest BCUT2D eigenvalue weighted by atomic mass is 127. The van der Waals surface area contributed by atoms with Crippen molar-refractivity contribution in [3.8, 4) is 0 Å². The molecule has 9 heteroatoms. The number of aliphatic imine (C=N–C) groups is 1. The van der Waals surface area contributed by atoms with Gasteiger partial charge in [-0.1, -0.05) is 44.2 Å². The van der Waals surface area contributed by atoms with Crippen molar-refractivity contribution in [1.29, 1.82) is 0 Å². The van der Waals surface area contributed by atoms with Gasteiger partial charge in [-0.2, -0.15) is 4.31 Å². The van der Waals surface area contributed by atoms with Crippen LogP contribution < -0.4 is 10.6 Å². The Labute approximate surface area is 202 Å². The molecule has 0 aliphatic carbocycles. The van der Waals surface area contributed by atoms with Crippen molar-refractivity contribution in [2.75, 3.05) is 32.7 Å². The Morgan fingerprint density at radius 3 is 2.33 bits per heavy atom. The van der Waals surface area contributed by atoms with Gasteiger partial charge < -0.3 is 10.6 Å². The molecular formula is C21H33IN4O2S2. The zero-order chi connectivity index (χ0) is 21.1. The molecule has 30 heavy (non-hydrogen) atoms. The average Bonchev–Trinajstić information content (AvgIpc) is 3.19. The first kappa shape index (κ1) is 26.9. The molecular weight excluding hydrogens is 531 g/mol. The van der Waals surface area contributed by atoms with E-state index < -0.39 is 10.0 Å². The summed E-state index contributed by atoms with van der Waals surface area (Å²) in [7, 11) is -3.38. The zero-order valence-electron chi connectivity index (χ0n) is 17.9. The van der Waals surface area contributed by atoms with Gasteiger partial charge in [0.25, 0.3) is 10.0 Å². The fourth-order valence-electron chi connectivity index (χ4n) is 2.91. The predicted molar refractivity (Wildman–Crippen MR) is 138 cm³/mol. The first-order chi connectivity index (χ1) is 14.0. The molecule has 0 saturated carbocycles. The van der Waals surface area contributed by atoms with Crippen LogP contribution in [0.3, 0.4) is 0 Å². The first-order valence-electron chi connectivity index (χ1n) is 10.2. The topological polar surface area (TPSA) is 73.8 Å². The smallest absolute Gasteiger partial charge is 0.252 e. The van der Waals surface area contributed by atoms with E-state index in [0.717, 1.165) is 30.3 Å². The van der Waals surface area contributed by atoms with Gasteiger partial charge in [0.1, 0.15) is 4.21 Å². The van der Waals surface area contributed by atoms with Gasteiger partial charge in [-0.05, 0) is 31.0 Å². The van der Waals surface area contributed by atoms with E-state index in [1.54, 1.807) is 6.07 Å². The number of hydrogen-bond acceptors (Lipinski definition) is 4. The Morgan fingerprint density at radius 1 is 1.00 bits per heavy atom. The number of nitrogens with zero attached hydrogens (tertiary/aromatic N) is 2. The van der Waals surface area contributed by atoms with Crippen LogP contribution in [0.4, 0.5) is 0 Å². The second-order valence-electron chi connectivity index (χ2n) is 6.48. The van der Waals surface area contributed by atoms with E-state index in [1.807, 2.05) is 45.0 Å². The number of nitrogens with one attached hydrogen (secondary N) is 2. The van der Waals surface area contributed by atoms with Gasteiger partial charge in [-0.25, -0.2) is 8.42 Å². The number of benzene rings is 1. The number of guanidine groups is 1. The zero-order valence-corrected chi connectivity index (χ0v) is 21.9.